The Morgan fingerprint density at radius 2 is 2.10 bits per heavy atom. The molecule has 0 saturated heterocycles. The predicted molar refractivity (Wildman–Crippen MR) is 68.7 cm³/mol. The van der Waals surface area contributed by atoms with Crippen LogP contribution < -0.4 is 4.74 Å². The van der Waals surface area contributed by atoms with Gasteiger partial charge in [-0.3, -0.25) is 5.10 Å². The molecule has 0 aliphatic carbocycles. The van der Waals surface area contributed by atoms with Gasteiger partial charge in [0.2, 0.25) is 5.65 Å². The fraction of sp³-hybridized carbons (Fsp3) is 0.0833. The molecule has 2 aromatic heterocycles. The maximum atomic E-state index is 13.2. The molecule has 3 rings (SSSR count). The Labute approximate surface area is 120 Å². The number of hydrogen-bond acceptors (Lipinski definition) is 4. The van der Waals surface area contributed by atoms with E-state index >= 15 is 0 Å². The standard InChI is InChI=1S/C12H6ClF3N4O/c13-10-9-11(20-19-10)17-4-7(18-9)6-2-1-5(14)3-8(6)21-12(15)16/h1-4,12H,(H,17,19,20). The van der Waals surface area contributed by atoms with Crippen molar-refractivity contribution in [2.75, 3.05) is 0 Å². The third kappa shape index (κ3) is 2.62. The molecule has 2 heterocycles. The molecule has 21 heavy (non-hydrogen) atoms. The van der Waals surface area contributed by atoms with Crippen molar-refractivity contribution < 1.29 is 17.9 Å². The van der Waals surface area contributed by atoms with E-state index in [4.69, 9.17) is 11.6 Å². The molecular formula is C12H6ClF3N4O. The van der Waals surface area contributed by atoms with Crippen LogP contribution in [0.5, 0.6) is 5.75 Å². The van der Waals surface area contributed by atoms with Crippen LogP contribution in [0.3, 0.4) is 0 Å². The highest BCUT2D eigenvalue weighted by Crippen LogP contribution is 2.31. The molecule has 0 radical (unpaired) electrons. The molecule has 9 heteroatoms. The zero-order valence-corrected chi connectivity index (χ0v) is 10.9. The van der Waals surface area contributed by atoms with Crippen LogP contribution >= 0.6 is 11.6 Å². The van der Waals surface area contributed by atoms with E-state index in [2.05, 4.69) is 24.9 Å². The normalized spacial score (nSPS) is 11.3. The van der Waals surface area contributed by atoms with Crippen molar-refractivity contribution in [3.8, 4) is 17.0 Å². The molecule has 0 bridgehead atoms. The molecule has 5 nitrogen and oxygen atoms in total. The first-order valence-corrected chi connectivity index (χ1v) is 6.04. The van der Waals surface area contributed by atoms with E-state index in [1.54, 1.807) is 0 Å². The summed E-state index contributed by atoms with van der Waals surface area (Å²) in [6.07, 6.45) is 1.31. The van der Waals surface area contributed by atoms with Gasteiger partial charge in [0, 0.05) is 11.6 Å². The van der Waals surface area contributed by atoms with Gasteiger partial charge in [-0.15, -0.1) is 0 Å². The van der Waals surface area contributed by atoms with E-state index < -0.39 is 12.4 Å². The van der Waals surface area contributed by atoms with Gasteiger partial charge in [0.15, 0.2) is 5.15 Å². The van der Waals surface area contributed by atoms with E-state index in [1.807, 2.05) is 0 Å². The molecule has 1 N–H and O–H groups in total. The second-order valence-electron chi connectivity index (χ2n) is 3.98. The van der Waals surface area contributed by atoms with E-state index in [-0.39, 0.29) is 33.3 Å². The number of hydrogen-bond donors (Lipinski definition) is 1. The average molecular weight is 315 g/mol. The molecule has 0 fully saturated rings. The molecule has 0 spiro atoms. The van der Waals surface area contributed by atoms with Crippen molar-refractivity contribution in [3.63, 3.8) is 0 Å². The van der Waals surface area contributed by atoms with Crippen LogP contribution in [-0.4, -0.2) is 26.8 Å². The van der Waals surface area contributed by atoms with Crippen molar-refractivity contribution in [3.05, 3.63) is 35.4 Å². The molecule has 1 aromatic carbocycles. The molecule has 0 amide bonds. The summed E-state index contributed by atoms with van der Waals surface area (Å²) in [5.41, 5.74) is 0.938. The summed E-state index contributed by atoms with van der Waals surface area (Å²) in [5, 5.41) is 6.45. The third-order valence-corrected chi connectivity index (χ3v) is 2.92. The summed E-state index contributed by atoms with van der Waals surface area (Å²) in [6.45, 7) is -3.08. The second-order valence-corrected chi connectivity index (χ2v) is 4.36. The molecule has 0 atom stereocenters. The van der Waals surface area contributed by atoms with Crippen molar-refractivity contribution in [2.45, 2.75) is 6.61 Å². The topological polar surface area (TPSA) is 63.7 Å². The Morgan fingerprint density at radius 1 is 1.29 bits per heavy atom. The number of nitrogens with one attached hydrogen (secondary N) is 1. The Kier molecular flexibility index (Phi) is 3.38. The minimum Gasteiger partial charge on any atom is -0.434 e. The number of fused-ring (bicyclic) bond motifs is 1. The average Bonchev–Trinajstić information content (AvgIpc) is 2.79. The largest absolute Gasteiger partial charge is 0.434 e. The van der Waals surface area contributed by atoms with Crippen LogP contribution in [0.15, 0.2) is 24.4 Å². The third-order valence-electron chi connectivity index (χ3n) is 2.66. The minimum absolute atomic E-state index is 0.165. The Balaban J connectivity index is 2.14. The number of H-pyrrole nitrogens is 1. The lowest BCUT2D eigenvalue weighted by atomic mass is 10.1. The molecule has 0 aliphatic heterocycles. The lowest BCUT2D eigenvalue weighted by Gasteiger charge is -2.10. The zero-order valence-electron chi connectivity index (χ0n) is 10.1. The van der Waals surface area contributed by atoms with Crippen LogP contribution in [0.1, 0.15) is 0 Å². The summed E-state index contributed by atoms with van der Waals surface area (Å²) < 4.78 is 42.3. The van der Waals surface area contributed by atoms with Crippen LogP contribution in [0.2, 0.25) is 5.15 Å². The van der Waals surface area contributed by atoms with Crippen LogP contribution in [0, 0.1) is 5.82 Å². The number of aromatic nitrogens is 4. The molecule has 3 aromatic rings. The second kappa shape index (κ2) is 5.21. The Bertz CT molecular complexity index is 808. The van der Waals surface area contributed by atoms with Gasteiger partial charge in [0.25, 0.3) is 0 Å². The van der Waals surface area contributed by atoms with Crippen LogP contribution in [0.4, 0.5) is 13.2 Å². The number of benzene rings is 1. The van der Waals surface area contributed by atoms with E-state index in [9.17, 15) is 13.2 Å². The monoisotopic (exact) mass is 314 g/mol. The van der Waals surface area contributed by atoms with E-state index in [0.717, 1.165) is 12.1 Å². The predicted octanol–water partition coefficient (Wildman–Crippen LogP) is 3.41. The molecule has 0 saturated carbocycles. The number of nitrogens with zero attached hydrogens (tertiary/aromatic N) is 3. The van der Waals surface area contributed by atoms with Gasteiger partial charge < -0.3 is 4.74 Å². The number of ether oxygens (including phenoxy) is 1. The van der Waals surface area contributed by atoms with Gasteiger partial charge in [0.05, 0.1) is 11.9 Å². The van der Waals surface area contributed by atoms with Gasteiger partial charge in [-0.1, -0.05) is 11.6 Å². The highest BCUT2D eigenvalue weighted by atomic mass is 35.5. The van der Waals surface area contributed by atoms with Crippen molar-refractivity contribution in [1.82, 2.24) is 20.2 Å². The van der Waals surface area contributed by atoms with Crippen molar-refractivity contribution in [1.29, 1.82) is 0 Å². The van der Waals surface area contributed by atoms with E-state index in [1.165, 1.54) is 12.3 Å². The van der Waals surface area contributed by atoms with Crippen molar-refractivity contribution >= 4 is 22.8 Å². The van der Waals surface area contributed by atoms with Crippen molar-refractivity contribution in [2.24, 2.45) is 0 Å². The van der Waals surface area contributed by atoms with Gasteiger partial charge in [-0.05, 0) is 12.1 Å². The maximum Gasteiger partial charge on any atom is 0.387 e. The molecule has 108 valence electrons. The summed E-state index contributed by atoms with van der Waals surface area (Å²) >= 11 is 5.85. The molecule has 0 unspecified atom stereocenters. The number of halogens is 4. The fourth-order valence-corrected chi connectivity index (χ4v) is 1.97. The first kappa shape index (κ1) is 13.6. The van der Waals surface area contributed by atoms with E-state index in [0.29, 0.717) is 0 Å². The van der Waals surface area contributed by atoms with Gasteiger partial charge in [0.1, 0.15) is 17.1 Å². The quantitative estimate of drug-likeness (QED) is 0.804. The summed E-state index contributed by atoms with van der Waals surface area (Å²) in [5.74, 6) is -1.04. The Morgan fingerprint density at radius 3 is 2.86 bits per heavy atom. The van der Waals surface area contributed by atoms with Crippen LogP contribution in [0.25, 0.3) is 22.4 Å². The van der Waals surface area contributed by atoms with Crippen LogP contribution in [-0.2, 0) is 0 Å². The fourth-order valence-electron chi connectivity index (χ4n) is 1.80. The highest BCUT2D eigenvalue weighted by molar-refractivity contribution is 6.33. The summed E-state index contributed by atoms with van der Waals surface area (Å²) in [6, 6.07) is 3.23. The first-order chi connectivity index (χ1) is 10.0. The Hall–Kier alpha value is -2.35. The maximum absolute atomic E-state index is 13.2. The highest BCUT2D eigenvalue weighted by Gasteiger charge is 2.15. The minimum atomic E-state index is -3.08. The molecule has 0 aliphatic rings. The molecular weight excluding hydrogens is 309 g/mol. The zero-order chi connectivity index (χ0) is 15.0. The SMILES string of the molecule is Fc1ccc(-c2cnc3n[nH]c(Cl)c3n2)c(OC(F)F)c1. The summed E-state index contributed by atoms with van der Waals surface area (Å²) in [4.78, 5) is 8.16. The lowest BCUT2D eigenvalue weighted by Crippen LogP contribution is -2.04. The number of rotatable bonds is 3. The first-order valence-electron chi connectivity index (χ1n) is 5.66. The lowest BCUT2D eigenvalue weighted by molar-refractivity contribution is -0.0496. The van der Waals surface area contributed by atoms with Gasteiger partial charge in [-0.25, -0.2) is 14.4 Å². The summed E-state index contributed by atoms with van der Waals surface area (Å²) in [7, 11) is 0. The number of aromatic amines is 1. The van der Waals surface area contributed by atoms with Gasteiger partial charge in [-0.2, -0.15) is 13.9 Å². The smallest absolute Gasteiger partial charge is 0.387 e. The number of alkyl halides is 2. The van der Waals surface area contributed by atoms with Gasteiger partial charge >= 0.3 is 6.61 Å².